The van der Waals surface area contributed by atoms with E-state index in [4.69, 9.17) is 0 Å². The van der Waals surface area contributed by atoms with Crippen LogP contribution in [0.1, 0.15) is 0 Å². The van der Waals surface area contributed by atoms with Crippen LogP contribution < -0.4 is 5.32 Å². The molecule has 0 aromatic carbocycles. The topological polar surface area (TPSA) is 81.0 Å². The smallest absolute Gasteiger partial charge is 0.310 e. The van der Waals surface area contributed by atoms with Crippen molar-refractivity contribution in [1.82, 2.24) is 9.97 Å². The van der Waals surface area contributed by atoms with Gasteiger partial charge in [0.15, 0.2) is 0 Å². The number of nitro groups is 1. The van der Waals surface area contributed by atoms with Crippen LogP contribution in [-0.4, -0.2) is 14.9 Å². The Kier molecular flexibility index (Phi) is 2.73. The van der Waals surface area contributed by atoms with Gasteiger partial charge in [-0.3, -0.25) is 20.1 Å². The molecule has 2 aromatic rings. The molecule has 6 nitrogen and oxygen atoms in total. The quantitative estimate of drug-likeness (QED) is 0.627. The molecule has 0 aliphatic rings. The first-order valence-corrected chi connectivity index (χ1v) is 4.53. The van der Waals surface area contributed by atoms with Gasteiger partial charge in [0.05, 0.1) is 16.8 Å². The van der Waals surface area contributed by atoms with Gasteiger partial charge in [0, 0.05) is 12.4 Å². The van der Waals surface area contributed by atoms with Gasteiger partial charge < -0.3 is 5.32 Å². The Labute approximate surface area is 91.1 Å². The average molecular weight is 216 g/mol. The third kappa shape index (κ3) is 2.11. The zero-order valence-corrected chi connectivity index (χ0v) is 8.20. The van der Waals surface area contributed by atoms with Gasteiger partial charge in [-0.05, 0) is 18.2 Å². The lowest BCUT2D eigenvalue weighted by atomic mass is 10.3. The summed E-state index contributed by atoms with van der Waals surface area (Å²) in [4.78, 5) is 17.9. The summed E-state index contributed by atoms with van der Waals surface area (Å²) in [6.07, 6.45) is 5.92. The Morgan fingerprint density at radius 1 is 1.19 bits per heavy atom. The van der Waals surface area contributed by atoms with Gasteiger partial charge >= 0.3 is 5.69 Å². The molecule has 0 aliphatic carbocycles. The molecule has 2 rings (SSSR count). The van der Waals surface area contributed by atoms with E-state index < -0.39 is 4.92 Å². The lowest BCUT2D eigenvalue weighted by Gasteiger charge is -2.05. The molecule has 0 bridgehead atoms. The minimum absolute atomic E-state index is 0.0636. The van der Waals surface area contributed by atoms with E-state index in [9.17, 15) is 10.1 Å². The summed E-state index contributed by atoms with van der Waals surface area (Å²) in [5, 5.41) is 13.6. The highest BCUT2D eigenvalue weighted by Gasteiger charge is 2.12. The number of aromatic nitrogens is 2. The summed E-state index contributed by atoms with van der Waals surface area (Å²) in [7, 11) is 0. The molecule has 2 aromatic heterocycles. The van der Waals surface area contributed by atoms with Crippen molar-refractivity contribution in [3.8, 4) is 0 Å². The Morgan fingerprint density at radius 3 is 2.69 bits per heavy atom. The summed E-state index contributed by atoms with van der Waals surface area (Å²) < 4.78 is 0. The van der Waals surface area contributed by atoms with Crippen molar-refractivity contribution in [2.75, 3.05) is 5.32 Å². The molecular weight excluding hydrogens is 208 g/mol. The maximum Gasteiger partial charge on any atom is 0.310 e. The molecule has 80 valence electrons. The lowest BCUT2D eigenvalue weighted by Crippen LogP contribution is -1.97. The van der Waals surface area contributed by atoms with Crippen LogP contribution in [-0.2, 0) is 0 Å². The third-order valence-corrected chi connectivity index (χ3v) is 1.94. The largest absolute Gasteiger partial charge is 0.349 e. The van der Waals surface area contributed by atoms with Crippen molar-refractivity contribution in [2.45, 2.75) is 0 Å². The van der Waals surface area contributed by atoms with Gasteiger partial charge in [0.1, 0.15) is 11.9 Å². The van der Waals surface area contributed by atoms with Crippen molar-refractivity contribution >= 4 is 17.1 Å². The van der Waals surface area contributed by atoms with E-state index in [0.717, 1.165) is 0 Å². The number of rotatable bonds is 3. The van der Waals surface area contributed by atoms with Gasteiger partial charge in [-0.1, -0.05) is 0 Å². The molecule has 0 saturated carbocycles. The van der Waals surface area contributed by atoms with Crippen molar-refractivity contribution in [3.05, 3.63) is 53.1 Å². The minimum atomic E-state index is -0.480. The molecule has 0 spiro atoms. The summed E-state index contributed by atoms with van der Waals surface area (Å²) in [5.74, 6) is 0. The number of pyridine rings is 2. The Hall–Kier alpha value is -2.50. The maximum absolute atomic E-state index is 10.7. The third-order valence-electron chi connectivity index (χ3n) is 1.94. The highest BCUT2D eigenvalue weighted by atomic mass is 16.6. The van der Waals surface area contributed by atoms with E-state index in [0.29, 0.717) is 11.4 Å². The fourth-order valence-electron chi connectivity index (χ4n) is 1.23. The highest BCUT2D eigenvalue weighted by Crippen LogP contribution is 2.25. The van der Waals surface area contributed by atoms with E-state index in [-0.39, 0.29) is 5.69 Å². The number of hydrogen-bond donors (Lipinski definition) is 1. The second kappa shape index (κ2) is 4.35. The average Bonchev–Trinajstić information content (AvgIpc) is 2.31. The molecule has 1 N–H and O–H groups in total. The van der Waals surface area contributed by atoms with Crippen molar-refractivity contribution in [3.63, 3.8) is 0 Å². The molecule has 0 atom stereocenters. The SMILES string of the molecule is O=[N+]([O-])c1cnccc1Nc1cccnc1. The zero-order chi connectivity index (χ0) is 11.4. The molecule has 2 heterocycles. The summed E-state index contributed by atoms with van der Waals surface area (Å²) in [5.41, 5.74) is 1.02. The number of nitrogens with one attached hydrogen (secondary N) is 1. The Balaban J connectivity index is 2.31. The van der Waals surface area contributed by atoms with Crippen LogP contribution in [0.2, 0.25) is 0 Å². The fraction of sp³-hybridized carbons (Fsp3) is 0. The summed E-state index contributed by atoms with van der Waals surface area (Å²) in [6, 6.07) is 5.07. The molecule has 16 heavy (non-hydrogen) atoms. The Bertz CT molecular complexity index is 501. The lowest BCUT2D eigenvalue weighted by molar-refractivity contribution is -0.384. The van der Waals surface area contributed by atoms with Gasteiger partial charge in [-0.2, -0.15) is 0 Å². The van der Waals surface area contributed by atoms with Gasteiger partial charge in [0.25, 0.3) is 0 Å². The van der Waals surface area contributed by atoms with Crippen molar-refractivity contribution < 1.29 is 4.92 Å². The van der Waals surface area contributed by atoms with Crippen molar-refractivity contribution in [2.24, 2.45) is 0 Å². The van der Waals surface area contributed by atoms with Gasteiger partial charge in [-0.25, -0.2) is 0 Å². The molecule has 0 unspecified atom stereocenters. The van der Waals surface area contributed by atoms with Crippen LogP contribution in [0.5, 0.6) is 0 Å². The summed E-state index contributed by atoms with van der Waals surface area (Å²) >= 11 is 0. The van der Waals surface area contributed by atoms with Gasteiger partial charge in [0.2, 0.25) is 0 Å². The Morgan fingerprint density at radius 2 is 2.00 bits per heavy atom. The fourth-order valence-corrected chi connectivity index (χ4v) is 1.23. The van der Waals surface area contributed by atoms with E-state index in [2.05, 4.69) is 15.3 Å². The molecule has 0 aliphatic heterocycles. The number of hydrogen-bond acceptors (Lipinski definition) is 5. The van der Waals surface area contributed by atoms with Crippen LogP contribution >= 0.6 is 0 Å². The number of anilines is 2. The van der Waals surface area contributed by atoms with Crippen LogP contribution in [0, 0.1) is 10.1 Å². The predicted molar refractivity (Wildman–Crippen MR) is 58.4 cm³/mol. The molecule has 0 saturated heterocycles. The molecular formula is C10H8N4O2. The number of nitrogens with zero attached hydrogens (tertiary/aromatic N) is 3. The second-order valence-corrected chi connectivity index (χ2v) is 3.02. The molecule has 0 amide bonds. The van der Waals surface area contributed by atoms with E-state index in [1.165, 1.54) is 12.4 Å². The normalized spacial score (nSPS) is 9.75. The highest BCUT2D eigenvalue weighted by molar-refractivity contribution is 5.67. The van der Waals surface area contributed by atoms with E-state index >= 15 is 0 Å². The monoisotopic (exact) mass is 216 g/mol. The van der Waals surface area contributed by atoms with Gasteiger partial charge in [-0.15, -0.1) is 0 Å². The first-order chi connectivity index (χ1) is 7.77. The second-order valence-electron chi connectivity index (χ2n) is 3.02. The molecule has 0 fully saturated rings. The zero-order valence-electron chi connectivity index (χ0n) is 8.20. The standard InChI is InChI=1S/C10H8N4O2/c15-14(16)10-7-12-5-3-9(10)13-8-2-1-4-11-6-8/h1-7H,(H,12,13). The maximum atomic E-state index is 10.7. The minimum Gasteiger partial charge on any atom is -0.349 e. The van der Waals surface area contributed by atoms with Crippen LogP contribution in [0.15, 0.2) is 43.0 Å². The first kappa shape index (κ1) is 10.0. The predicted octanol–water partition coefficient (Wildman–Crippen LogP) is 2.13. The van der Waals surface area contributed by atoms with Crippen LogP contribution in [0.4, 0.5) is 17.1 Å². The van der Waals surface area contributed by atoms with E-state index in [1.807, 2.05) is 0 Å². The van der Waals surface area contributed by atoms with Crippen molar-refractivity contribution in [1.29, 1.82) is 0 Å². The van der Waals surface area contributed by atoms with Crippen LogP contribution in [0.3, 0.4) is 0 Å². The van der Waals surface area contributed by atoms with Crippen LogP contribution in [0.25, 0.3) is 0 Å². The van der Waals surface area contributed by atoms with E-state index in [1.54, 1.807) is 30.6 Å². The molecule has 6 heteroatoms. The first-order valence-electron chi connectivity index (χ1n) is 4.53. The molecule has 0 radical (unpaired) electrons. The summed E-state index contributed by atoms with van der Waals surface area (Å²) in [6.45, 7) is 0.